The molecule has 1 aliphatic rings. The Morgan fingerprint density at radius 1 is 1.29 bits per heavy atom. The zero-order chi connectivity index (χ0) is 12.8. The highest BCUT2D eigenvalue weighted by molar-refractivity contribution is 8.08. The predicted octanol–water partition coefficient (Wildman–Crippen LogP) is 3.94. The van der Waals surface area contributed by atoms with Gasteiger partial charge < -0.3 is 0 Å². The van der Waals surface area contributed by atoms with Crippen LogP contribution < -0.4 is 0 Å². The third-order valence-electron chi connectivity index (χ3n) is 3.63. The van der Waals surface area contributed by atoms with Gasteiger partial charge in [-0.25, -0.2) is 0 Å². The number of aryl methyl sites for hydroxylation is 2. The van der Waals surface area contributed by atoms with E-state index in [1.165, 1.54) is 11.1 Å². The number of benzene rings is 1. The fourth-order valence-electron chi connectivity index (χ4n) is 2.30. The molecule has 0 radical (unpaired) electrons. The monoisotopic (exact) mass is 248 g/mol. The highest BCUT2D eigenvalue weighted by Crippen LogP contribution is 2.54. The van der Waals surface area contributed by atoms with Crippen molar-refractivity contribution >= 4 is 17.5 Å². The summed E-state index contributed by atoms with van der Waals surface area (Å²) in [6.45, 7) is 10.4. The number of Topliss-reactive ketones (excluding diaryl/α,β-unsaturated/α-hetero) is 1. The maximum Gasteiger partial charge on any atom is 0.160 e. The van der Waals surface area contributed by atoms with Crippen molar-refractivity contribution in [3.05, 3.63) is 34.4 Å². The van der Waals surface area contributed by atoms with Crippen LogP contribution in [0.4, 0.5) is 0 Å². The van der Waals surface area contributed by atoms with E-state index >= 15 is 0 Å². The van der Waals surface area contributed by atoms with Crippen LogP contribution in [0.5, 0.6) is 0 Å². The van der Waals surface area contributed by atoms with Crippen LogP contribution >= 0.6 is 11.8 Å². The van der Waals surface area contributed by atoms with E-state index in [0.29, 0.717) is 4.75 Å². The van der Waals surface area contributed by atoms with E-state index in [0.717, 1.165) is 22.8 Å². The summed E-state index contributed by atoms with van der Waals surface area (Å²) in [5.74, 6) is 0.165. The summed E-state index contributed by atoms with van der Waals surface area (Å²) in [6, 6.07) is 4.24. The maximum atomic E-state index is 11.5. The minimum Gasteiger partial charge on any atom is -0.295 e. The van der Waals surface area contributed by atoms with Crippen LogP contribution in [0.2, 0.25) is 0 Å². The third-order valence-corrected chi connectivity index (χ3v) is 5.31. The summed E-state index contributed by atoms with van der Waals surface area (Å²) in [5.41, 5.74) is 4.63. The van der Waals surface area contributed by atoms with Gasteiger partial charge in [-0.2, -0.15) is 0 Å². The van der Waals surface area contributed by atoms with E-state index in [1.54, 1.807) is 6.92 Å². The fraction of sp³-hybridized carbons (Fsp3) is 0.533. The van der Waals surface area contributed by atoms with E-state index in [4.69, 9.17) is 0 Å². The molecule has 2 heteroatoms. The van der Waals surface area contributed by atoms with Gasteiger partial charge in [-0.3, -0.25) is 4.79 Å². The Morgan fingerprint density at radius 2 is 1.88 bits per heavy atom. The van der Waals surface area contributed by atoms with Crippen molar-refractivity contribution in [1.29, 1.82) is 0 Å². The van der Waals surface area contributed by atoms with Gasteiger partial charge in [0.15, 0.2) is 5.78 Å². The van der Waals surface area contributed by atoms with Crippen LogP contribution in [0, 0.1) is 13.8 Å². The van der Waals surface area contributed by atoms with Crippen molar-refractivity contribution in [1.82, 2.24) is 0 Å². The van der Waals surface area contributed by atoms with Gasteiger partial charge in [-0.15, -0.1) is 11.8 Å². The van der Waals surface area contributed by atoms with E-state index in [9.17, 15) is 4.79 Å². The lowest BCUT2D eigenvalue weighted by Gasteiger charge is -2.10. The van der Waals surface area contributed by atoms with Crippen molar-refractivity contribution in [2.75, 3.05) is 0 Å². The summed E-state index contributed by atoms with van der Waals surface area (Å²) in [4.78, 5) is 11.5. The second-order valence-corrected chi connectivity index (χ2v) is 7.42. The zero-order valence-electron chi connectivity index (χ0n) is 11.3. The Kier molecular flexibility index (Phi) is 3.11. The Labute approximate surface area is 108 Å². The minimum atomic E-state index is 0.165. The molecule has 0 spiro atoms. The van der Waals surface area contributed by atoms with Gasteiger partial charge in [0, 0.05) is 15.6 Å². The SMILES string of the molecule is CC(=O)c1cc(C)c(CC2SC2(C)C)cc1C. The molecule has 1 nitrogen and oxygen atoms in total. The van der Waals surface area contributed by atoms with E-state index < -0.39 is 0 Å². The number of hydrogen-bond acceptors (Lipinski definition) is 2. The molecule has 17 heavy (non-hydrogen) atoms. The number of carbonyl (C=O) groups excluding carboxylic acids is 1. The molecule has 92 valence electrons. The van der Waals surface area contributed by atoms with E-state index in [2.05, 4.69) is 26.8 Å². The number of ketones is 1. The average Bonchev–Trinajstić information content (AvgIpc) is 2.79. The van der Waals surface area contributed by atoms with Crippen molar-refractivity contribution < 1.29 is 4.79 Å². The molecule has 0 N–H and O–H groups in total. The Hall–Kier alpha value is -0.760. The second kappa shape index (κ2) is 4.16. The van der Waals surface area contributed by atoms with Crippen molar-refractivity contribution in [3.63, 3.8) is 0 Å². The van der Waals surface area contributed by atoms with Gasteiger partial charge in [0.05, 0.1) is 0 Å². The van der Waals surface area contributed by atoms with Crippen LogP contribution in [0.3, 0.4) is 0 Å². The molecule has 1 aromatic carbocycles. The molecule has 1 aliphatic heterocycles. The van der Waals surface area contributed by atoms with Gasteiger partial charge in [0.1, 0.15) is 0 Å². The number of carbonyl (C=O) groups is 1. The molecule has 0 saturated carbocycles. The molecule has 1 fully saturated rings. The lowest BCUT2D eigenvalue weighted by molar-refractivity contribution is 0.101. The molecule has 1 heterocycles. The molecular formula is C15H20OS. The molecule has 1 unspecified atom stereocenters. The van der Waals surface area contributed by atoms with Gasteiger partial charge in [0.2, 0.25) is 0 Å². The molecule has 1 atom stereocenters. The number of rotatable bonds is 3. The minimum absolute atomic E-state index is 0.165. The Balaban J connectivity index is 2.25. The fourth-order valence-corrected chi connectivity index (χ4v) is 3.31. The molecule has 0 bridgehead atoms. The van der Waals surface area contributed by atoms with Gasteiger partial charge in [0.25, 0.3) is 0 Å². The zero-order valence-corrected chi connectivity index (χ0v) is 12.1. The quantitative estimate of drug-likeness (QED) is 0.595. The van der Waals surface area contributed by atoms with Crippen molar-refractivity contribution in [3.8, 4) is 0 Å². The summed E-state index contributed by atoms with van der Waals surface area (Å²) >= 11 is 2.05. The smallest absolute Gasteiger partial charge is 0.160 e. The predicted molar refractivity (Wildman–Crippen MR) is 75.1 cm³/mol. The summed E-state index contributed by atoms with van der Waals surface area (Å²) in [5, 5.41) is 0.740. The average molecular weight is 248 g/mol. The normalized spacial score (nSPS) is 21.4. The Bertz CT molecular complexity index is 474. The number of thioether (sulfide) groups is 1. The van der Waals surface area contributed by atoms with Gasteiger partial charge in [-0.05, 0) is 63.8 Å². The highest BCUT2D eigenvalue weighted by Gasteiger charge is 2.46. The van der Waals surface area contributed by atoms with E-state index in [-0.39, 0.29) is 5.78 Å². The van der Waals surface area contributed by atoms with Crippen molar-refractivity contribution in [2.45, 2.75) is 51.0 Å². The second-order valence-electron chi connectivity index (χ2n) is 5.56. The van der Waals surface area contributed by atoms with Crippen LogP contribution in [0.25, 0.3) is 0 Å². The molecule has 2 rings (SSSR count). The van der Waals surface area contributed by atoms with Gasteiger partial charge >= 0.3 is 0 Å². The van der Waals surface area contributed by atoms with Crippen LogP contribution in [-0.2, 0) is 6.42 Å². The standard InChI is InChI=1S/C15H20OS/c1-9-7-13(11(3)16)10(2)6-12(9)8-14-15(4,5)17-14/h6-7,14H,8H2,1-5H3. The lowest BCUT2D eigenvalue weighted by Crippen LogP contribution is -2.08. The molecule has 1 aromatic rings. The summed E-state index contributed by atoms with van der Waals surface area (Å²) in [7, 11) is 0. The first kappa shape index (κ1) is 12.7. The largest absolute Gasteiger partial charge is 0.295 e. The van der Waals surface area contributed by atoms with Crippen LogP contribution in [-0.4, -0.2) is 15.8 Å². The third kappa shape index (κ3) is 2.57. The summed E-state index contributed by atoms with van der Waals surface area (Å²) in [6.07, 6.45) is 1.13. The first-order chi connectivity index (χ1) is 7.81. The van der Waals surface area contributed by atoms with Crippen LogP contribution in [0.1, 0.15) is 47.8 Å². The number of hydrogen-bond donors (Lipinski definition) is 0. The first-order valence-electron chi connectivity index (χ1n) is 6.10. The van der Waals surface area contributed by atoms with Crippen LogP contribution in [0.15, 0.2) is 12.1 Å². The van der Waals surface area contributed by atoms with Crippen molar-refractivity contribution in [2.24, 2.45) is 0 Å². The Morgan fingerprint density at radius 3 is 2.35 bits per heavy atom. The lowest BCUT2D eigenvalue weighted by atomic mass is 9.93. The molecule has 1 saturated heterocycles. The maximum absolute atomic E-state index is 11.5. The summed E-state index contributed by atoms with van der Waals surface area (Å²) < 4.78 is 0.444. The molecule has 0 aliphatic carbocycles. The molecular weight excluding hydrogens is 228 g/mol. The van der Waals surface area contributed by atoms with Gasteiger partial charge in [-0.1, -0.05) is 6.07 Å². The highest BCUT2D eigenvalue weighted by atomic mass is 32.2. The first-order valence-corrected chi connectivity index (χ1v) is 6.98. The molecule has 0 aromatic heterocycles. The topological polar surface area (TPSA) is 17.1 Å². The van der Waals surface area contributed by atoms with E-state index in [1.807, 2.05) is 24.8 Å². The molecule has 0 amide bonds.